The Hall–Kier alpha value is -4.72. The fourth-order valence-electron chi connectivity index (χ4n) is 3.31. The number of carbonyl (C=O) groups is 4. The van der Waals surface area contributed by atoms with Crippen molar-refractivity contribution in [2.24, 2.45) is 0 Å². The van der Waals surface area contributed by atoms with E-state index in [0.717, 1.165) is 0 Å². The number of ketones is 2. The molecule has 11 heteroatoms. The Morgan fingerprint density at radius 1 is 0.737 bits per heavy atom. The Kier molecular flexibility index (Phi) is 15.5. The molecular formula is C27H29NO10. The van der Waals surface area contributed by atoms with Gasteiger partial charge in [0.05, 0.1) is 0 Å². The SMILES string of the molecule is CCC(CC)(CC(=O)c1ccc(Oc2ccc(C(=O)COC(C)=O)cc2)cc1)NC(C)=O.O=C=O.O=C=O. The van der Waals surface area contributed by atoms with Crippen LogP contribution in [-0.2, 0) is 33.5 Å². The second kappa shape index (κ2) is 17.7. The molecule has 2 rings (SSSR count). The lowest BCUT2D eigenvalue weighted by atomic mass is 9.85. The quantitative estimate of drug-likeness (QED) is 0.338. The summed E-state index contributed by atoms with van der Waals surface area (Å²) in [5.74, 6) is 0.0536. The van der Waals surface area contributed by atoms with Crippen LogP contribution >= 0.6 is 0 Å². The molecule has 1 N–H and O–H groups in total. The van der Waals surface area contributed by atoms with Crippen LogP contribution < -0.4 is 10.1 Å². The second-order valence-electron chi connectivity index (χ2n) is 7.79. The van der Waals surface area contributed by atoms with Crippen LogP contribution in [0, 0.1) is 0 Å². The zero-order valence-corrected chi connectivity index (χ0v) is 21.5. The molecule has 0 saturated heterocycles. The maximum atomic E-state index is 12.8. The second-order valence-corrected chi connectivity index (χ2v) is 7.79. The van der Waals surface area contributed by atoms with Gasteiger partial charge in [0, 0.05) is 36.9 Å². The summed E-state index contributed by atoms with van der Waals surface area (Å²) < 4.78 is 10.5. The van der Waals surface area contributed by atoms with Gasteiger partial charge in [-0.1, -0.05) is 13.8 Å². The van der Waals surface area contributed by atoms with Gasteiger partial charge >= 0.3 is 18.3 Å². The van der Waals surface area contributed by atoms with Crippen molar-refractivity contribution in [2.45, 2.75) is 52.5 Å². The van der Waals surface area contributed by atoms with E-state index < -0.39 is 11.5 Å². The average Bonchev–Trinajstić information content (AvgIpc) is 2.88. The third kappa shape index (κ3) is 12.3. The summed E-state index contributed by atoms with van der Waals surface area (Å²) in [6.07, 6.45) is 2.05. The third-order valence-corrected chi connectivity index (χ3v) is 5.29. The molecule has 0 atom stereocenters. The highest BCUT2D eigenvalue weighted by Gasteiger charge is 2.30. The van der Waals surface area contributed by atoms with Crippen molar-refractivity contribution in [3.05, 3.63) is 59.7 Å². The fourth-order valence-corrected chi connectivity index (χ4v) is 3.31. The molecule has 202 valence electrons. The number of esters is 1. The summed E-state index contributed by atoms with van der Waals surface area (Å²) in [6.45, 7) is 6.32. The highest BCUT2D eigenvalue weighted by Crippen LogP contribution is 2.25. The minimum atomic E-state index is -0.549. The van der Waals surface area contributed by atoms with Crippen molar-refractivity contribution in [3.63, 3.8) is 0 Å². The zero-order valence-electron chi connectivity index (χ0n) is 21.5. The molecular weight excluding hydrogens is 498 g/mol. The number of Topliss-reactive ketones (excluding diaryl/α,β-unsaturated/α-hetero) is 2. The Labute approximate surface area is 219 Å². The Bertz CT molecular complexity index is 1130. The lowest BCUT2D eigenvalue weighted by molar-refractivity contribution is -0.193. The maximum absolute atomic E-state index is 12.8. The first-order valence-electron chi connectivity index (χ1n) is 11.4. The van der Waals surface area contributed by atoms with Crippen molar-refractivity contribution in [2.75, 3.05) is 6.61 Å². The van der Waals surface area contributed by atoms with E-state index in [4.69, 9.17) is 28.7 Å². The first-order chi connectivity index (χ1) is 18.0. The van der Waals surface area contributed by atoms with Gasteiger partial charge in [0.25, 0.3) is 0 Å². The van der Waals surface area contributed by atoms with Crippen LogP contribution in [0.15, 0.2) is 48.5 Å². The average molecular weight is 528 g/mol. The largest absolute Gasteiger partial charge is 0.457 e. The summed E-state index contributed by atoms with van der Waals surface area (Å²) in [5, 5.41) is 2.93. The highest BCUT2D eigenvalue weighted by molar-refractivity contribution is 5.98. The number of hydrogen-bond donors (Lipinski definition) is 1. The molecule has 0 radical (unpaired) electrons. The summed E-state index contributed by atoms with van der Waals surface area (Å²) in [5.41, 5.74) is 0.404. The van der Waals surface area contributed by atoms with Gasteiger partial charge in [-0.25, -0.2) is 0 Å². The van der Waals surface area contributed by atoms with Crippen molar-refractivity contribution < 1.29 is 47.8 Å². The molecule has 0 aliphatic rings. The first-order valence-corrected chi connectivity index (χ1v) is 11.4. The molecule has 38 heavy (non-hydrogen) atoms. The zero-order chi connectivity index (χ0) is 29.1. The van der Waals surface area contributed by atoms with Gasteiger partial charge in [0.15, 0.2) is 18.2 Å². The van der Waals surface area contributed by atoms with Gasteiger partial charge in [0.1, 0.15) is 11.5 Å². The van der Waals surface area contributed by atoms with Crippen molar-refractivity contribution in [1.82, 2.24) is 5.32 Å². The van der Waals surface area contributed by atoms with Crippen molar-refractivity contribution >= 4 is 35.7 Å². The molecule has 0 aliphatic carbocycles. The summed E-state index contributed by atoms with van der Waals surface area (Å²) in [6, 6.07) is 13.3. The third-order valence-electron chi connectivity index (χ3n) is 5.29. The van der Waals surface area contributed by atoms with E-state index in [0.29, 0.717) is 35.5 Å². The van der Waals surface area contributed by atoms with Crippen LogP contribution in [-0.4, -0.2) is 47.9 Å². The number of carbonyl (C=O) groups excluding carboxylic acids is 8. The van der Waals surface area contributed by atoms with E-state index in [2.05, 4.69) is 5.32 Å². The summed E-state index contributed by atoms with van der Waals surface area (Å²) in [4.78, 5) is 79.6. The first kappa shape index (κ1) is 33.3. The van der Waals surface area contributed by atoms with Gasteiger partial charge in [-0.3, -0.25) is 19.2 Å². The molecule has 0 aliphatic heterocycles. The number of ether oxygens (including phenoxy) is 2. The molecule has 0 saturated carbocycles. The Morgan fingerprint density at radius 2 is 1.13 bits per heavy atom. The van der Waals surface area contributed by atoms with E-state index in [-0.39, 0.29) is 42.8 Å². The van der Waals surface area contributed by atoms with Gasteiger partial charge in [-0.05, 0) is 61.4 Å². The van der Waals surface area contributed by atoms with E-state index in [1.807, 2.05) is 13.8 Å². The Morgan fingerprint density at radius 3 is 1.47 bits per heavy atom. The molecule has 2 aromatic carbocycles. The normalized spacial score (nSPS) is 9.58. The summed E-state index contributed by atoms with van der Waals surface area (Å²) in [7, 11) is 0. The van der Waals surface area contributed by atoms with Crippen LogP contribution in [0.1, 0.15) is 67.7 Å². The van der Waals surface area contributed by atoms with Crippen LogP contribution in [0.3, 0.4) is 0 Å². The van der Waals surface area contributed by atoms with E-state index in [1.54, 1.807) is 48.5 Å². The number of benzene rings is 2. The van der Waals surface area contributed by atoms with Crippen LogP contribution in [0.4, 0.5) is 0 Å². The lowest BCUT2D eigenvalue weighted by Gasteiger charge is -2.32. The fraction of sp³-hybridized carbons (Fsp3) is 0.333. The number of rotatable bonds is 11. The van der Waals surface area contributed by atoms with Crippen LogP contribution in [0.25, 0.3) is 0 Å². The molecule has 11 nitrogen and oxygen atoms in total. The Balaban J connectivity index is 0.00000208. The minimum absolute atomic E-state index is 0.0513. The minimum Gasteiger partial charge on any atom is -0.457 e. The summed E-state index contributed by atoms with van der Waals surface area (Å²) >= 11 is 0. The molecule has 0 bridgehead atoms. The standard InChI is InChI=1S/C25H29NO6.2CO2/c1-5-25(6-2,26-17(3)27)15-23(29)19-7-11-21(12-8-19)32-22-13-9-20(10-14-22)24(30)16-31-18(4)28;2*2-1-3/h7-14H,5-6,15-16H2,1-4H3,(H,26,27);;. The number of amides is 1. The van der Waals surface area contributed by atoms with Gasteiger partial charge < -0.3 is 14.8 Å². The van der Waals surface area contributed by atoms with E-state index in [9.17, 15) is 19.2 Å². The molecule has 1 amide bonds. The van der Waals surface area contributed by atoms with Crippen LogP contribution in [0.2, 0.25) is 0 Å². The lowest BCUT2D eigenvalue weighted by Crippen LogP contribution is -2.48. The smallest absolute Gasteiger partial charge is 0.373 e. The number of hydrogen-bond acceptors (Lipinski definition) is 10. The monoisotopic (exact) mass is 527 g/mol. The molecule has 0 spiro atoms. The molecule has 0 heterocycles. The van der Waals surface area contributed by atoms with Gasteiger partial charge in [-0.2, -0.15) is 19.2 Å². The molecule has 2 aromatic rings. The van der Waals surface area contributed by atoms with E-state index >= 15 is 0 Å². The van der Waals surface area contributed by atoms with E-state index in [1.165, 1.54) is 13.8 Å². The molecule has 0 unspecified atom stereocenters. The van der Waals surface area contributed by atoms with Crippen molar-refractivity contribution in [1.29, 1.82) is 0 Å². The molecule has 0 aromatic heterocycles. The predicted molar refractivity (Wildman–Crippen MR) is 130 cm³/mol. The van der Waals surface area contributed by atoms with Crippen molar-refractivity contribution in [3.8, 4) is 11.5 Å². The van der Waals surface area contributed by atoms with Crippen LogP contribution in [0.5, 0.6) is 11.5 Å². The highest BCUT2D eigenvalue weighted by atomic mass is 16.5. The topological polar surface area (TPSA) is 167 Å². The maximum Gasteiger partial charge on any atom is 0.373 e. The van der Waals surface area contributed by atoms with Gasteiger partial charge in [-0.15, -0.1) is 0 Å². The van der Waals surface area contributed by atoms with Gasteiger partial charge in [0.2, 0.25) is 5.91 Å². The number of nitrogens with one attached hydrogen (secondary N) is 1. The molecule has 0 fully saturated rings. The predicted octanol–water partition coefficient (Wildman–Crippen LogP) is 3.33.